The van der Waals surface area contributed by atoms with Gasteiger partial charge >= 0.3 is 11.9 Å². The first kappa shape index (κ1) is 20.4. The summed E-state index contributed by atoms with van der Waals surface area (Å²) in [5.41, 5.74) is 1.42. The van der Waals surface area contributed by atoms with Gasteiger partial charge in [0.25, 0.3) is 0 Å². The summed E-state index contributed by atoms with van der Waals surface area (Å²) < 4.78 is 22.2. The van der Waals surface area contributed by atoms with Crippen LogP contribution in [0.25, 0.3) is 0 Å². The van der Waals surface area contributed by atoms with Gasteiger partial charge in [0.15, 0.2) is 0 Å². The standard InChI is InChI=1S/C19H18FNO5S/c1-25-18(23)13-7-14(19(24)26-2)9-16(8-13)21-17(22)11-27-10-12-3-5-15(20)6-4-12/h3-9H,10-11H2,1-2H3,(H,21,22). The second-order valence-electron chi connectivity index (χ2n) is 5.45. The number of hydrogen-bond acceptors (Lipinski definition) is 6. The van der Waals surface area contributed by atoms with Crippen molar-refractivity contribution in [2.45, 2.75) is 5.75 Å². The van der Waals surface area contributed by atoms with Gasteiger partial charge < -0.3 is 14.8 Å². The molecule has 8 heteroatoms. The number of nitrogens with one attached hydrogen (secondary N) is 1. The molecule has 0 spiro atoms. The molecule has 0 bridgehead atoms. The molecule has 1 amide bonds. The van der Waals surface area contributed by atoms with Crippen LogP contribution in [-0.2, 0) is 20.0 Å². The van der Waals surface area contributed by atoms with E-state index in [1.54, 1.807) is 12.1 Å². The van der Waals surface area contributed by atoms with Gasteiger partial charge in [0.05, 0.1) is 31.1 Å². The van der Waals surface area contributed by atoms with Gasteiger partial charge in [-0.15, -0.1) is 11.8 Å². The number of thioether (sulfide) groups is 1. The summed E-state index contributed by atoms with van der Waals surface area (Å²) in [5.74, 6) is -1.20. The molecule has 2 aromatic rings. The number of amides is 1. The summed E-state index contributed by atoms with van der Waals surface area (Å²) in [5, 5.41) is 2.64. The number of carbonyl (C=O) groups is 3. The fourth-order valence-electron chi connectivity index (χ4n) is 2.21. The number of methoxy groups -OCH3 is 2. The second-order valence-corrected chi connectivity index (χ2v) is 6.44. The maximum absolute atomic E-state index is 12.9. The Morgan fingerprint density at radius 2 is 1.52 bits per heavy atom. The quantitative estimate of drug-likeness (QED) is 0.730. The maximum Gasteiger partial charge on any atom is 0.337 e. The number of benzene rings is 2. The summed E-state index contributed by atoms with van der Waals surface area (Å²) in [6.07, 6.45) is 0. The van der Waals surface area contributed by atoms with Crippen molar-refractivity contribution in [3.63, 3.8) is 0 Å². The summed E-state index contributed by atoms with van der Waals surface area (Å²) in [6.45, 7) is 0. The predicted octanol–water partition coefficient (Wildman–Crippen LogP) is 3.27. The lowest BCUT2D eigenvalue weighted by atomic mass is 10.1. The van der Waals surface area contributed by atoms with E-state index in [-0.39, 0.29) is 34.3 Å². The molecule has 0 unspecified atom stereocenters. The van der Waals surface area contributed by atoms with Crippen LogP contribution in [0.5, 0.6) is 0 Å². The monoisotopic (exact) mass is 391 g/mol. The van der Waals surface area contributed by atoms with Crippen molar-refractivity contribution in [2.24, 2.45) is 0 Å². The Labute approximate surface area is 160 Å². The Morgan fingerprint density at radius 1 is 0.963 bits per heavy atom. The molecule has 0 fully saturated rings. The number of carbonyl (C=O) groups excluding carboxylic acids is 3. The molecule has 27 heavy (non-hydrogen) atoms. The van der Waals surface area contributed by atoms with Crippen molar-refractivity contribution < 1.29 is 28.2 Å². The molecule has 2 aromatic carbocycles. The highest BCUT2D eigenvalue weighted by Crippen LogP contribution is 2.18. The Bertz CT molecular complexity index is 804. The van der Waals surface area contributed by atoms with Crippen molar-refractivity contribution in [1.82, 2.24) is 0 Å². The molecule has 0 saturated heterocycles. The molecule has 1 N–H and O–H groups in total. The van der Waals surface area contributed by atoms with E-state index in [0.29, 0.717) is 5.75 Å². The average Bonchev–Trinajstić information content (AvgIpc) is 2.67. The summed E-state index contributed by atoms with van der Waals surface area (Å²) in [7, 11) is 2.44. The minimum atomic E-state index is -0.637. The number of esters is 2. The topological polar surface area (TPSA) is 81.7 Å². The molecule has 0 aliphatic carbocycles. The largest absolute Gasteiger partial charge is 0.465 e. The van der Waals surface area contributed by atoms with E-state index in [0.717, 1.165) is 5.56 Å². The van der Waals surface area contributed by atoms with Crippen molar-refractivity contribution >= 4 is 35.3 Å². The molecule has 0 radical (unpaired) electrons. The summed E-state index contributed by atoms with van der Waals surface area (Å²) >= 11 is 1.35. The number of rotatable bonds is 7. The fourth-order valence-corrected chi connectivity index (χ4v) is 3.00. The van der Waals surface area contributed by atoms with Crippen molar-refractivity contribution in [3.05, 3.63) is 65.0 Å². The van der Waals surface area contributed by atoms with Crippen LogP contribution in [0.4, 0.5) is 10.1 Å². The van der Waals surface area contributed by atoms with Gasteiger partial charge in [-0.1, -0.05) is 12.1 Å². The zero-order valence-electron chi connectivity index (χ0n) is 14.8. The summed E-state index contributed by atoms with van der Waals surface area (Å²) in [6, 6.07) is 10.2. The number of anilines is 1. The Kier molecular flexibility index (Phi) is 7.36. The number of hydrogen-bond donors (Lipinski definition) is 1. The Hall–Kier alpha value is -2.87. The van der Waals surface area contributed by atoms with E-state index < -0.39 is 11.9 Å². The van der Waals surface area contributed by atoms with Gasteiger partial charge in [0.1, 0.15) is 5.82 Å². The van der Waals surface area contributed by atoms with Crippen LogP contribution in [0, 0.1) is 5.82 Å². The molecule has 2 rings (SSSR count). The van der Waals surface area contributed by atoms with Crippen molar-refractivity contribution in [1.29, 1.82) is 0 Å². The highest BCUT2D eigenvalue weighted by atomic mass is 32.2. The third kappa shape index (κ3) is 6.10. The normalized spacial score (nSPS) is 10.2. The zero-order valence-corrected chi connectivity index (χ0v) is 15.6. The van der Waals surface area contributed by atoms with Crippen LogP contribution in [-0.4, -0.2) is 37.8 Å². The van der Waals surface area contributed by atoms with Crippen molar-refractivity contribution in [2.75, 3.05) is 25.3 Å². The molecule has 0 heterocycles. The average molecular weight is 391 g/mol. The second kappa shape index (κ2) is 9.72. The van der Waals surface area contributed by atoms with Gasteiger partial charge in [-0.25, -0.2) is 14.0 Å². The van der Waals surface area contributed by atoms with E-state index in [1.165, 1.54) is 56.3 Å². The third-order valence-electron chi connectivity index (χ3n) is 3.47. The van der Waals surface area contributed by atoms with Gasteiger partial charge in [0, 0.05) is 11.4 Å². The van der Waals surface area contributed by atoms with Crippen LogP contribution < -0.4 is 5.32 Å². The Morgan fingerprint density at radius 3 is 2.04 bits per heavy atom. The smallest absolute Gasteiger partial charge is 0.337 e. The van der Waals surface area contributed by atoms with E-state index >= 15 is 0 Å². The Balaban J connectivity index is 2.01. The number of halogens is 1. The van der Waals surface area contributed by atoms with E-state index in [2.05, 4.69) is 14.8 Å². The first-order chi connectivity index (χ1) is 12.9. The molecule has 0 aromatic heterocycles. The van der Waals surface area contributed by atoms with Gasteiger partial charge in [-0.3, -0.25) is 4.79 Å². The number of ether oxygens (including phenoxy) is 2. The third-order valence-corrected chi connectivity index (χ3v) is 4.48. The first-order valence-electron chi connectivity index (χ1n) is 7.86. The lowest BCUT2D eigenvalue weighted by Crippen LogP contribution is -2.16. The minimum Gasteiger partial charge on any atom is -0.465 e. The molecular weight excluding hydrogens is 373 g/mol. The van der Waals surface area contributed by atoms with E-state index in [4.69, 9.17) is 0 Å². The molecule has 0 aliphatic rings. The van der Waals surface area contributed by atoms with Crippen molar-refractivity contribution in [3.8, 4) is 0 Å². The SMILES string of the molecule is COC(=O)c1cc(NC(=O)CSCc2ccc(F)cc2)cc(C(=O)OC)c1. The maximum atomic E-state index is 12.9. The van der Waals surface area contributed by atoms with Gasteiger partial charge in [0.2, 0.25) is 5.91 Å². The fraction of sp³-hybridized carbons (Fsp3) is 0.211. The zero-order chi connectivity index (χ0) is 19.8. The minimum absolute atomic E-state index is 0.120. The highest BCUT2D eigenvalue weighted by Gasteiger charge is 2.15. The lowest BCUT2D eigenvalue weighted by molar-refractivity contribution is -0.113. The van der Waals surface area contributed by atoms with Crippen LogP contribution in [0.2, 0.25) is 0 Å². The molecule has 142 valence electrons. The first-order valence-corrected chi connectivity index (χ1v) is 9.02. The van der Waals surface area contributed by atoms with Gasteiger partial charge in [-0.05, 0) is 35.9 Å². The van der Waals surface area contributed by atoms with E-state index in [9.17, 15) is 18.8 Å². The van der Waals surface area contributed by atoms with Crippen LogP contribution in [0.1, 0.15) is 26.3 Å². The predicted molar refractivity (Wildman–Crippen MR) is 100 cm³/mol. The van der Waals surface area contributed by atoms with E-state index in [1.807, 2.05) is 0 Å². The summed E-state index contributed by atoms with van der Waals surface area (Å²) in [4.78, 5) is 35.6. The van der Waals surface area contributed by atoms with Crippen LogP contribution in [0.15, 0.2) is 42.5 Å². The highest BCUT2D eigenvalue weighted by molar-refractivity contribution is 7.99. The van der Waals surface area contributed by atoms with Crippen LogP contribution in [0.3, 0.4) is 0 Å². The molecule has 0 aliphatic heterocycles. The molecular formula is C19H18FNO5S. The van der Waals surface area contributed by atoms with Gasteiger partial charge in [-0.2, -0.15) is 0 Å². The molecule has 0 atom stereocenters. The lowest BCUT2D eigenvalue weighted by Gasteiger charge is -2.09. The van der Waals surface area contributed by atoms with Crippen LogP contribution >= 0.6 is 11.8 Å². The molecule has 6 nitrogen and oxygen atoms in total. The molecule has 0 saturated carbocycles.